The molecule has 0 bridgehead atoms. The van der Waals surface area contributed by atoms with E-state index < -0.39 is 0 Å². The quantitative estimate of drug-likeness (QED) is 0.761. The number of fused-ring (bicyclic) bond motifs is 1. The molecule has 1 aliphatic rings. The van der Waals surface area contributed by atoms with Crippen LogP contribution in [0.3, 0.4) is 0 Å². The number of aromatic nitrogens is 2. The minimum Gasteiger partial charge on any atom is -0.460 e. The minimum absolute atomic E-state index is 0.418. The van der Waals surface area contributed by atoms with Gasteiger partial charge in [-0.1, -0.05) is 24.3 Å². The van der Waals surface area contributed by atoms with Crippen LogP contribution in [0.1, 0.15) is 41.3 Å². The predicted octanol–water partition coefficient (Wildman–Crippen LogP) is 4.15. The minimum atomic E-state index is 0.418. The molecule has 1 atom stereocenters. The lowest BCUT2D eigenvalue weighted by atomic mass is 9.87. The zero-order valence-electron chi connectivity index (χ0n) is 13.3. The van der Waals surface area contributed by atoms with Crippen molar-refractivity contribution in [1.29, 1.82) is 0 Å². The van der Waals surface area contributed by atoms with E-state index in [2.05, 4.69) is 39.8 Å². The number of nitrogens with zero attached hydrogens (tertiary/aromatic N) is 1. The standard InChI is InChI=1S/C19H21N3O/c1-13-9-10-18(23-13)19-15(12-21-22-19)11-20-17-8-4-6-14-5-2-3-7-16(14)17/h2-3,5,7,9-10,12,17,20H,4,6,8,11H2,1H3,(H,21,22). The SMILES string of the molecule is Cc1ccc(-c2[nH]ncc2CNC2CCCc3ccccc32)o1. The van der Waals surface area contributed by atoms with E-state index in [-0.39, 0.29) is 0 Å². The van der Waals surface area contributed by atoms with Gasteiger partial charge in [-0.3, -0.25) is 5.10 Å². The number of aromatic amines is 1. The van der Waals surface area contributed by atoms with E-state index in [0.717, 1.165) is 29.3 Å². The fourth-order valence-electron chi connectivity index (χ4n) is 3.43. The molecule has 118 valence electrons. The van der Waals surface area contributed by atoms with E-state index in [4.69, 9.17) is 4.42 Å². The first-order valence-corrected chi connectivity index (χ1v) is 8.21. The Balaban J connectivity index is 1.52. The molecule has 23 heavy (non-hydrogen) atoms. The number of nitrogens with one attached hydrogen (secondary N) is 2. The summed E-state index contributed by atoms with van der Waals surface area (Å²) in [6.07, 6.45) is 5.50. The number of rotatable bonds is 4. The second kappa shape index (κ2) is 6.05. The molecule has 1 aromatic carbocycles. The summed E-state index contributed by atoms with van der Waals surface area (Å²) in [5.74, 6) is 1.76. The lowest BCUT2D eigenvalue weighted by Gasteiger charge is -2.26. The number of benzene rings is 1. The Kier molecular flexibility index (Phi) is 3.75. The van der Waals surface area contributed by atoms with Crippen LogP contribution in [0.2, 0.25) is 0 Å². The molecule has 0 aliphatic heterocycles. The normalized spacial score (nSPS) is 17.2. The van der Waals surface area contributed by atoms with Gasteiger partial charge in [-0.25, -0.2) is 0 Å². The van der Waals surface area contributed by atoms with E-state index in [9.17, 15) is 0 Å². The smallest absolute Gasteiger partial charge is 0.152 e. The summed E-state index contributed by atoms with van der Waals surface area (Å²) >= 11 is 0. The van der Waals surface area contributed by atoms with Crippen molar-refractivity contribution in [3.63, 3.8) is 0 Å². The lowest BCUT2D eigenvalue weighted by Crippen LogP contribution is -2.24. The summed E-state index contributed by atoms with van der Waals surface area (Å²) in [5, 5.41) is 10.9. The highest BCUT2D eigenvalue weighted by atomic mass is 16.3. The van der Waals surface area contributed by atoms with Gasteiger partial charge in [0.25, 0.3) is 0 Å². The fourth-order valence-corrected chi connectivity index (χ4v) is 3.43. The van der Waals surface area contributed by atoms with E-state index in [1.165, 1.54) is 30.4 Å². The van der Waals surface area contributed by atoms with Gasteiger partial charge < -0.3 is 9.73 Å². The van der Waals surface area contributed by atoms with Crippen LogP contribution in [0.4, 0.5) is 0 Å². The number of furan rings is 1. The molecule has 2 heterocycles. The number of aryl methyl sites for hydroxylation is 2. The second-order valence-corrected chi connectivity index (χ2v) is 6.21. The summed E-state index contributed by atoms with van der Waals surface area (Å²) in [7, 11) is 0. The molecular formula is C19H21N3O. The molecule has 0 amide bonds. The topological polar surface area (TPSA) is 53.9 Å². The van der Waals surface area contributed by atoms with Crippen LogP contribution in [-0.4, -0.2) is 10.2 Å². The molecule has 4 nitrogen and oxygen atoms in total. The van der Waals surface area contributed by atoms with E-state index in [0.29, 0.717) is 6.04 Å². The molecule has 1 unspecified atom stereocenters. The summed E-state index contributed by atoms with van der Waals surface area (Å²) < 4.78 is 5.72. The van der Waals surface area contributed by atoms with Crippen LogP contribution in [-0.2, 0) is 13.0 Å². The highest BCUT2D eigenvalue weighted by molar-refractivity contribution is 5.56. The molecule has 0 fully saturated rings. The van der Waals surface area contributed by atoms with Gasteiger partial charge in [0.15, 0.2) is 5.76 Å². The van der Waals surface area contributed by atoms with E-state index in [1.807, 2.05) is 25.3 Å². The van der Waals surface area contributed by atoms with Gasteiger partial charge in [-0.2, -0.15) is 5.10 Å². The molecule has 3 aromatic rings. The Hall–Kier alpha value is -2.33. The van der Waals surface area contributed by atoms with Crippen molar-refractivity contribution in [1.82, 2.24) is 15.5 Å². The van der Waals surface area contributed by atoms with Gasteiger partial charge in [0.1, 0.15) is 11.5 Å². The maximum absolute atomic E-state index is 5.72. The summed E-state index contributed by atoms with van der Waals surface area (Å²) in [6.45, 7) is 2.74. The first-order valence-electron chi connectivity index (χ1n) is 8.21. The first-order chi connectivity index (χ1) is 11.3. The van der Waals surface area contributed by atoms with Gasteiger partial charge in [0.2, 0.25) is 0 Å². The van der Waals surface area contributed by atoms with Gasteiger partial charge in [0, 0.05) is 18.2 Å². The van der Waals surface area contributed by atoms with Crippen LogP contribution < -0.4 is 5.32 Å². The van der Waals surface area contributed by atoms with Gasteiger partial charge in [-0.15, -0.1) is 0 Å². The molecule has 2 aromatic heterocycles. The van der Waals surface area contributed by atoms with Crippen LogP contribution in [0.15, 0.2) is 47.0 Å². The van der Waals surface area contributed by atoms with Crippen LogP contribution in [0, 0.1) is 6.92 Å². The third kappa shape index (κ3) is 2.82. The van der Waals surface area contributed by atoms with E-state index >= 15 is 0 Å². The Bertz CT molecular complexity index is 802. The lowest BCUT2D eigenvalue weighted by molar-refractivity contribution is 0.459. The maximum atomic E-state index is 5.72. The molecule has 2 N–H and O–H groups in total. The van der Waals surface area contributed by atoms with Crippen molar-refractivity contribution in [2.75, 3.05) is 0 Å². The molecule has 1 aliphatic carbocycles. The largest absolute Gasteiger partial charge is 0.460 e. The third-order valence-electron chi connectivity index (χ3n) is 4.61. The average molecular weight is 307 g/mol. The van der Waals surface area contributed by atoms with E-state index in [1.54, 1.807) is 0 Å². The third-order valence-corrected chi connectivity index (χ3v) is 4.61. The number of hydrogen-bond donors (Lipinski definition) is 2. The fraction of sp³-hybridized carbons (Fsp3) is 0.316. The van der Waals surface area contributed by atoms with Gasteiger partial charge in [-0.05, 0) is 49.4 Å². The van der Waals surface area contributed by atoms with Gasteiger partial charge >= 0.3 is 0 Å². The Morgan fingerprint density at radius 3 is 3.04 bits per heavy atom. The molecule has 4 rings (SSSR count). The maximum Gasteiger partial charge on any atom is 0.152 e. The Morgan fingerprint density at radius 1 is 1.26 bits per heavy atom. The van der Waals surface area contributed by atoms with Crippen molar-refractivity contribution in [3.05, 3.63) is 65.0 Å². The van der Waals surface area contributed by atoms with Crippen molar-refractivity contribution in [2.24, 2.45) is 0 Å². The molecule has 0 radical (unpaired) electrons. The van der Waals surface area contributed by atoms with Crippen molar-refractivity contribution < 1.29 is 4.42 Å². The Morgan fingerprint density at radius 2 is 2.17 bits per heavy atom. The van der Waals surface area contributed by atoms with Crippen LogP contribution in [0.25, 0.3) is 11.5 Å². The van der Waals surface area contributed by atoms with Crippen LogP contribution >= 0.6 is 0 Å². The summed E-state index contributed by atoms with van der Waals surface area (Å²) in [4.78, 5) is 0. The summed E-state index contributed by atoms with van der Waals surface area (Å²) in [6, 6.07) is 13.1. The van der Waals surface area contributed by atoms with Crippen molar-refractivity contribution in [3.8, 4) is 11.5 Å². The molecular weight excluding hydrogens is 286 g/mol. The zero-order valence-corrected chi connectivity index (χ0v) is 13.3. The number of H-pyrrole nitrogens is 1. The number of hydrogen-bond acceptors (Lipinski definition) is 3. The monoisotopic (exact) mass is 307 g/mol. The predicted molar refractivity (Wildman–Crippen MR) is 90.0 cm³/mol. The molecule has 0 spiro atoms. The first kappa shape index (κ1) is 14.3. The highest BCUT2D eigenvalue weighted by Gasteiger charge is 2.20. The second-order valence-electron chi connectivity index (χ2n) is 6.21. The zero-order chi connectivity index (χ0) is 15.6. The summed E-state index contributed by atoms with van der Waals surface area (Å²) in [5.41, 5.74) is 5.03. The van der Waals surface area contributed by atoms with Crippen molar-refractivity contribution >= 4 is 0 Å². The van der Waals surface area contributed by atoms with Crippen LogP contribution in [0.5, 0.6) is 0 Å². The molecule has 0 saturated heterocycles. The van der Waals surface area contributed by atoms with Gasteiger partial charge in [0.05, 0.1) is 6.20 Å². The van der Waals surface area contributed by atoms with Crippen molar-refractivity contribution in [2.45, 2.75) is 38.8 Å². The Labute approximate surface area is 135 Å². The highest BCUT2D eigenvalue weighted by Crippen LogP contribution is 2.30. The molecule has 0 saturated carbocycles. The molecule has 4 heteroatoms. The average Bonchev–Trinajstić information content (AvgIpc) is 3.21.